The van der Waals surface area contributed by atoms with Crippen molar-refractivity contribution in [2.24, 2.45) is 0 Å². The van der Waals surface area contributed by atoms with Gasteiger partial charge in [0.1, 0.15) is 10.1 Å². The summed E-state index contributed by atoms with van der Waals surface area (Å²) in [6.07, 6.45) is 0. The molecular weight excluding hydrogens is 263 g/mol. The van der Waals surface area contributed by atoms with Crippen LogP contribution in [-0.2, 0) is 10.1 Å². The van der Waals surface area contributed by atoms with Gasteiger partial charge in [0.15, 0.2) is 0 Å². The first-order valence-electron chi connectivity index (χ1n) is 4.85. The zero-order valence-electron chi connectivity index (χ0n) is 10.0. The molecule has 0 unspecified atom stereocenters. The molecule has 0 heterocycles. The van der Waals surface area contributed by atoms with Crippen molar-refractivity contribution in [1.29, 1.82) is 0 Å². The second-order valence-corrected chi connectivity index (χ2v) is 5.22. The van der Waals surface area contributed by atoms with Crippen LogP contribution in [0.3, 0.4) is 0 Å². The minimum atomic E-state index is -4.39. The molecule has 0 N–H and O–H groups in total. The van der Waals surface area contributed by atoms with Crippen LogP contribution in [-0.4, -0.2) is 13.0 Å². The van der Waals surface area contributed by atoms with Gasteiger partial charge < -0.3 is 4.55 Å². The topological polar surface area (TPSA) is 57.2 Å². The average molecular weight is 274 g/mol. The summed E-state index contributed by atoms with van der Waals surface area (Å²) in [7, 11) is -4.39. The number of aryl methyl sites for hydroxylation is 2. The molecule has 0 aliphatic heterocycles. The van der Waals surface area contributed by atoms with E-state index in [1.165, 1.54) is 6.07 Å². The summed E-state index contributed by atoms with van der Waals surface area (Å²) in [6.45, 7) is 3.62. The average Bonchev–Trinajstić information content (AvgIpc) is 2.15. The van der Waals surface area contributed by atoms with Crippen molar-refractivity contribution < 1.29 is 64.4 Å². The van der Waals surface area contributed by atoms with E-state index in [0.717, 1.165) is 16.3 Å². The Labute approximate surface area is 143 Å². The molecule has 0 saturated heterocycles. The van der Waals surface area contributed by atoms with Gasteiger partial charge >= 0.3 is 51.4 Å². The molecule has 5 heteroatoms. The Morgan fingerprint density at radius 1 is 1.06 bits per heavy atom. The third kappa shape index (κ3) is 3.17. The number of hydrogen-bond acceptors (Lipinski definition) is 3. The van der Waals surface area contributed by atoms with Crippen molar-refractivity contribution in [1.82, 2.24) is 0 Å². The minimum Gasteiger partial charge on any atom is -0.744 e. The fourth-order valence-electron chi connectivity index (χ4n) is 1.86. The zero-order valence-corrected chi connectivity index (χ0v) is 14.0. The molecule has 0 fully saturated rings. The molecule has 0 aliphatic rings. The summed E-state index contributed by atoms with van der Waals surface area (Å²) < 4.78 is 33.0. The Balaban J connectivity index is 0.00000144. The summed E-state index contributed by atoms with van der Waals surface area (Å²) in [5.74, 6) is 0. The molecule has 0 aliphatic carbocycles. The second-order valence-electron chi connectivity index (χ2n) is 3.87. The Morgan fingerprint density at radius 3 is 2.29 bits per heavy atom. The van der Waals surface area contributed by atoms with Crippen molar-refractivity contribution >= 4 is 20.9 Å². The molecule has 0 saturated carbocycles. The monoisotopic (exact) mass is 274 g/mol. The predicted octanol–water partition coefficient (Wildman–Crippen LogP) is -0.635. The number of rotatable bonds is 1. The van der Waals surface area contributed by atoms with Crippen LogP contribution in [0.25, 0.3) is 10.8 Å². The Hall–Kier alpha value is 0.246. The van der Waals surface area contributed by atoms with Crippen molar-refractivity contribution in [2.45, 2.75) is 18.7 Å². The Bertz CT molecular complexity index is 663. The van der Waals surface area contributed by atoms with Crippen LogP contribution in [0.15, 0.2) is 35.2 Å². The van der Waals surface area contributed by atoms with E-state index in [0.29, 0.717) is 5.56 Å². The molecule has 17 heavy (non-hydrogen) atoms. The van der Waals surface area contributed by atoms with Gasteiger partial charge in [-0.3, -0.25) is 0 Å². The SMILES string of the molecule is Cc1ccc2c(C)c(S(=O)(=O)[O-])ccc2c1.[K+]. The van der Waals surface area contributed by atoms with Crippen LogP contribution >= 0.6 is 0 Å². The fraction of sp³-hybridized carbons (Fsp3) is 0.167. The van der Waals surface area contributed by atoms with Gasteiger partial charge in [-0.05, 0) is 36.2 Å². The van der Waals surface area contributed by atoms with E-state index in [1.54, 1.807) is 13.0 Å². The van der Waals surface area contributed by atoms with Crippen molar-refractivity contribution in [3.63, 3.8) is 0 Å². The standard InChI is InChI=1S/C12H12O3S.K/c1-8-3-5-11-9(2)12(16(13,14)15)6-4-10(11)7-8;/h3-7H,1-2H3,(H,13,14,15);/q;+1/p-1. The maximum absolute atomic E-state index is 11.0. The van der Waals surface area contributed by atoms with Crippen LogP contribution < -0.4 is 51.4 Å². The van der Waals surface area contributed by atoms with Crippen molar-refractivity contribution in [3.8, 4) is 0 Å². The smallest absolute Gasteiger partial charge is 0.744 e. The van der Waals surface area contributed by atoms with Gasteiger partial charge in [-0.2, -0.15) is 0 Å². The van der Waals surface area contributed by atoms with E-state index in [2.05, 4.69) is 0 Å². The summed E-state index contributed by atoms with van der Waals surface area (Å²) in [5.41, 5.74) is 1.62. The molecule has 84 valence electrons. The maximum Gasteiger partial charge on any atom is 1.00 e. The van der Waals surface area contributed by atoms with E-state index < -0.39 is 10.1 Å². The normalized spacial score (nSPS) is 11.2. The predicted molar refractivity (Wildman–Crippen MR) is 61.4 cm³/mol. The van der Waals surface area contributed by atoms with Gasteiger partial charge in [0.25, 0.3) is 0 Å². The van der Waals surface area contributed by atoms with Gasteiger partial charge in [-0.1, -0.05) is 29.8 Å². The first kappa shape index (κ1) is 15.3. The molecule has 0 bridgehead atoms. The molecule has 0 atom stereocenters. The maximum atomic E-state index is 11.0. The molecule has 0 aromatic heterocycles. The molecule has 0 radical (unpaired) electrons. The van der Waals surface area contributed by atoms with Crippen LogP contribution in [0.1, 0.15) is 11.1 Å². The number of benzene rings is 2. The first-order chi connectivity index (χ1) is 7.39. The Kier molecular flexibility index (Phi) is 4.94. The molecule has 2 aromatic rings. The second kappa shape index (κ2) is 5.48. The van der Waals surface area contributed by atoms with Crippen LogP contribution in [0, 0.1) is 13.8 Å². The van der Waals surface area contributed by atoms with Gasteiger partial charge in [-0.25, -0.2) is 8.42 Å². The molecular formula is C12H11KO3S. The third-order valence-corrected chi connectivity index (χ3v) is 3.65. The summed E-state index contributed by atoms with van der Waals surface area (Å²) in [5, 5.41) is 1.76. The Morgan fingerprint density at radius 2 is 1.71 bits per heavy atom. The number of fused-ring (bicyclic) bond motifs is 1. The van der Waals surface area contributed by atoms with Crippen LogP contribution in [0.5, 0.6) is 0 Å². The van der Waals surface area contributed by atoms with Crippen molar-refractivity contribution in [3.05, 3.63) is 41.5 Å². The summed E-state index contributed by atoms with van der Waals surface area (Å²) in [6, 6.07) is 8.74. The summed E-state index contributed by atoms with van der Waals surface area (Å²) >= 11 is 0. The fourth-order valence-corrected chi connectivity index (χ4v) is 2.58. The summed E-state index contributed by atoms with van der Waals surface area (Å²) in [4.78, 5) is -0.135. The van der Waals surface area contributed by atoms with Gasteiger partial charge in [0, 0.05) is 0 Å². The van der Waals surface area contributed by atoms with Gasteiger partial charge in [0.2, 0.25) is 0 Å². The largest absolute Gasteiger partial charge is 1.00 e. The molecule has 3 nitrogen and oxygen atoms in total. The third-order valence-electron chi connectivity index (χ3n) is 2.66. The van der Waals surface area contributed by atoms with E-state index >= 15 is 0 Å². The first-order valence-corrected chi connectivity index (χ1v) is 6.26. The number of hydrogen-bond donors (Lipinski definition) is 0. The molecule has 0 spiro atoms. The van der Waals surface area contributed by atoms with Crippen molar-refractivity contribution in [2.75, 3.05) is 0 Å². The van der Waals surface area contributed by atoms with E-state index in [1.807, 2.05) is 25.1 Å². The van der Waals surface area contributed by atoms with Gasteiger partial charge in [-0.15, -0.1) is 0 Å². The van der Waals surface area contributed by atoms with Crippen LogP contribution in [0.4, 0.5) is 0 Å². The minimum absolute atomic E-state index is 0. The van der Waals surface area contributed by atoms with E-state index in [4.69, 9.17) is 0 Å². The quantitative estimate of drug-likeness (QED) is 0.514. The van der Waals surface area contributed by atoms with Gasteiger partial charge in [0.05, 0.1) is 4.90 Å². The van der Waals surface area contributed by atoms with E-state index in [-0.39, 0.29) is 56.3 Å². The molecule has 2 rings (SSSR count). The van der Waals surface area contributed by atoms with Crippen LogP contribution in [0.2, 0.25) is 0 Å². The molecule has 0 amide bonds. The molecule has 2 aromatic carbocycles. The zero-order chi connectivity index (χ0) is 11.9. The van der Waals surface area contributed by atoms with E-state index in [9.17, 15) is 13.0 Å².